The molecule has 2 fully saturated rings. The Labute approximate surface area is 107 Å². The highest BCUT2D eigenvalue weighted by Gasteiger charge is 2.20. The number of nitrogens with one attached hydrogen (secondary N) is 2. The maximum absolute atomic E-state index is 3.56. The number of rotatable bonds is 12. The zero-order valence-electron chi connectivity index (χ0n) is 11.3. The van der Waals surface area contributed by atoms with E-state index >= 15 is 0 Å². The molecule has 0 aromatic heterocycles. The Morgan fingerprint density at radius 1 is 0.588 bits per heavy atom. The van der Waals surface area contributed by atoms with Crippen molar-refractivity contribution in [1.82, 2.24) is 10.6 Å². The summed E-state index contributed by atoms with van der Waals surface area (Å²) in [6.45, 7) is 4.97. The first-order valence-electron chi connectivity index (χ1n) is 7.86. The van der Waals surface area contributed by atoms with E-state index in [-0.39, 0.29) is 0 Å². The fraction of sp³-hybridized carbons (Fsp3) is 1.00. The van der Waals surface area contributed by atoms with Crippen molar-refractivity contribution in [3.63, 3.8) is 0 Å². The first-order valence-corrected chi connectivity index (χ1v) is 7.86. The lowest BCUT2D eigenvalue weighted by molar-refractivity contribution is 0.545. The summed E-state index contributed by atoms with van der Waals surface area (Å²) in [5.74, 6) is 2.16. The molecule has 2 saturated carbocycles. The van der Waals surface area contributed by atoms with Gasteiger partial charge in [0.1, 0.15) is 0 Å². The third-order valence-corrected chi connectivity index (χ3v) is 4.06. The molecule has 0 aromatic carbocycles. The van der Waals surface area contributed by atoms with Gasteiger partial charge in [0, 0.05) is 0 Å². The fourth-order valence-corrected chi connectivity index (χ4v) is 2.35. The minimum atomic E-state index is 1.08. The van der Waals surface area contributed by atoms with Crippen LogP contribution in [0.25, 0.3) is 0 Å². The monoisotopic (exact) mass is 238 g/mol. The molecule has 17 heavy (non-hydrogen) atoms. The van der Waals surface area contributed by atoms with Gasteiger partial charge in [0.2, 0.25) is 0 Å². The molecule has 0 atom stereocenters. The lowest BCUT2D eigenvalue weighted by Gasteiger charge is -2.05. The highest BCUT2D eigenvalue weighted by atomic mass is 14.9. The van der Waals surface area contributed by atoms with Crippen molar-refractivity contribution in [2.24, 2.45) is 11.8 Å². The van der Waals surface area contributed by atoms with Crippen LogP contribution in [-0.2, 0) is 0 Å². The van der Waals surface area contributed by atoms with Crippen LogP contribution in [0.3, 0.4) is 0 Å². The smallest absolute Gasteiger partial charge is 0.00463 e. The predicted molar refractivity (Wildman–Crippen MR) is 74.3 cm³/mol. The van der Waals surface area contributed by atoms with E-state index in [1.165, 1.54) is 84.0 Å². The molecule has 0 unspecified atom stereocenters. The van der Waals surface area contributed by atoms with E-state index < -0.39 is 0 Å². The van der Waals surface area contributed by atoms with Gasteiger partial charge in [-0.3, -0.25) is 0 Å². The van der Waals surface area contributed by atoms with Crippen LogP contribution >= 0.6 is 0 Å². The molecule has 100 valence electrons. The third-order valence-electron chi connectivity index (χ3n) is 4.06. The lowest BCUT2D eigenvalue weighted by Crippen LogP contribution is -2.19. The molecular formula is C15H30N2. The molecule has 0 bridgehead atoms. The second kappa shape index (κ2) is 8.10. The zero-order chi connectivity index (χ0) is 11.8. The lowest BCUT2D eigenvalue weighted by atomic mass is 10.2. The normalized spacial score (nSPS) is 19.8. The van der Waals surface area contributed by atoms with Gasteiger partial charge in [-0.25, -0.2) is 0 Å². The molecule has 0 aromatic rings. The molecule has 0 aliphatic heterocycles. The van der Waals surface area contributed by atoms with Crippen LogP contribution in [0, 0.1) is 11.8 Å². The van der Waals surface area contributed by atoms with Gasteiger partial charge in [0.25, 0.3) is 0 Å². The van der Waals surface area contributed by atoms with Gasteiger partial charge in [0.15, 0.2) is 0 Å². The SMILES string of the molecule is C(CCNCCC1CC1)CCNCCC1CC1. The van der Waals surface area contributed by atoms with Crippen LogP contribution in [0.1, 0.15) is 57.8 Å². The van der Waals surface area contributed by atoms with Crippen LogP contribution in [0.2, 0.25) is 0 Å². The summed E-state index contributed by atoms with van der Waals surface area (Å²) in [7, 11) is 0. The second-order valence-electron chi connectivity index (χ2n) is 6.02. The molecule has 0 saturated heterocycles. The average molecular weight is 238 g/mol. The Kier molecular flexibility index (Phi) is 6.36. The van der Waals surface area contributed by atoms with Gasteiger partial charge < -0.3 is 10.6 Å². The van der Waals surface area contributed by atoms with E-state index in [1.807, 2.05) is 0 Å². The van der Waals surface area contributed by atoms with Gasteiger partial charge in [0.05, 0.1) is 0 Å². The number of hydrogen-bond acceptors (Lipinski definition) is 2. The second-order valence-corrected chi connectivity index (χ2v) is 6.02. The van der Waals surface area contributed by atoms with Gasteiger partial charge in [-0.05, 0) is 63.7 Å². The van der Waals surface area contributed by atoms with Crippen LogP contribution in [0.4, 0.5) is 0 Å². The van der Waals surface area contributed by atoms with E-state index in [0.717, 1.165) is 11.8 Å². The molecule has 2 aliphatic carbocycles. The Bertz CT molecular complexity index is 165. The maximum Gasteiger partial charge on any atom is -0.00463 e. The van der Waals surface area contributed by atoms with Crippen molar-refractivity contribution in [2.45, 2.75) is 57.8 Å². The molecule has 2 rings (SSSR count). The Hall–Kier alpha value is -0.0800. The summed E-state index contributed by atoms with van der Waals surface area (Å²) in [5.41, 5.74) is 0. The van der Waals surface area contributed by atoms with E-state index in [2.05, 4.69) is 10.6 Å². The molecular weight excluding hydrogens is 208 g/mol. The van der Waals surface area contributed by atoms with E-state index in [1.54, 1.807) is 0 Å². The molecule has 0 amide bonds. The quantitative estimate of drug-likeness (QED) is 0.511. The zero-order valence-corrected chi connectivity index (χ0v) is 11.3. The summed E-state index contributed by atoms with van der Waals surface area (Å²) < 4.78 is 0. The first-order chi connectivity index (χ1) is 8.45. The van der Waals surface area contributed by atoms with E-state index in [0.29, 0.717) is 0 Å². The summed E-state index contributed by atoms with van der Waals surface area (Å²) in [6.07, 6.45) is 12.9. The summed E-state index contributed by atoms with van der Waals surface area (Å²) in [4.78, 5) is 0. The molecule has 2 heteroatoms. The Morgan fingerprint density at radius 3 is 1.47 bits per heavy atom. The molecule has 0 heterocycles. The van der Waals surface area contributed by atoms with Crippen molar-refractivity contribution < 1.29 is 0 Å². The summed E-state index contributed by atoms with van der Waals surface area (Å²) >= 11 is 0. The van der Waals surface area contributed by atoms with Gasteiger partial charge in [-0.15, -0.1) is 0 Å². The summed E-state index contributed by atoms with van der Waals surface area (Å²) in [6, 6.07) is 0. The topological polar surface area (TPSA) is 24.1 Å². The van der Waals surface area contributed by atoms with Gasteiger partial charge >= 0.3 is 0 Å². The van der Waals surface area contributed by atoms with Crippen LogP contribution in [0.15, 0.2) is 0 Å². The minimum Gasteiger partial charge on any atom is -0.317 e. The third kappa shape index (κ3) is 7.77. The van der Waals surface area contributed by atoms with Crippen molar-refractivity contribution in [2.75, 3.05) is 26.2 Å². The van der Waals surface area contributed by atoms with Crippen molar-refractivity contribution in [3.8, 4) is 0 Å². The van der Waals surface area contributed by atoms with Crippen molar-refractivity contribution in [1.29, 1.82) is 0 Å². The molecule has 0 spiro atoms. The van der Waals surface area contributed by atoms with Crippen LogP contribution < -0.4 is 10.6 Å². The van der Waals surface area contributed by atoms with E-state index in [9.17, 15) is 0 Å². The standard InChI is InChI=1S/C15H30N2/c1(2-10-16-12-8-14-4-5-14)3-11-17-13-9-15-6-7-15/h14-17H,1-13H2. The first kappa shape index (κ1) is 13.4. The van der Waals surface area contributed by atoms with E-state index in [4.69, 9.17) is 0 Å². The van der Waals surface area contributed by atoms with Crippen LogP contribution in [-0.4, -0.2) is 26.2 Å². The van der Waals surface area contributed by atoms with Crippen LogP contribution in [0.5, 0.6) is 0 Å². The Balaban J connectivity index is 1.20. The van der Waals surface area contributed by atoms with Crippen molar-refractivity contribution >= 4 is 0 Å². The van der Waals surface area contributed by atoms with Crippen molar-refractivity contribution in [3.05, 3.63) is 0 Å². The minimum absolute atomic E-state index is 1.08. The number of unbranched alkanes of at least 4 members (excludes halogenated alkanes) is 2. The highest BCUT2D eigenvalue weighted by molar-refractivity contribution is 4.74. The maximum atomic E-state index is 3.56. The largest absolute Gasteiger partial charge is 0.317 e. The molecule has 2 aliphatic rings. The van der Waals surface area contributed by atoms with Gasteiger partial charge in [-0.2, -0.15) is 0 Å². The average Bonchev–Trinajstić information content (AvgIpc) is 3.19. The predicted octanol–water partition coefficient (Wildman–Crippen LogP) is 2.94. The molecule has 2 N–H and O–H groups in total. The molecule has 2 nitrogen and oxygen atoms in total. The Morgan fingerprint density at radius 2 is 1.06 bits per heavy atom. The highest BCUT2D eigenvalue weighted by Crippen LogP contribution is 2.32. The fourth-order valence-electron chi connectivity index (χ4n) is 2.35. The number of hydrogen-bond donors (Lipinski definition) is 2. The van der Waals surface area contributed by atoms with Gasteiger partial charge in [-0.1, -0.05) is 32.1 Å². The summed E-state index contributed by atoms with van der Waals surface area (Å²) in [5, 5.41) is 7.12. The molecule has 0 radical (unpaired) electrons.